The van der Waals surface area contributed by atoms with E-state index in [2.05, 4.69) is 25.6 Å². The van der Waals surface area contributed by atoms with Gasteiger partial charge in [-0.25, -0.2) is 9.67 Å². The van der Waals surface area contributed by atoms with Crippen molar-refractivity contribution in [3.63, 3.8) is 0 Å². The van der Waals surface area contributed by atoms with E-state index >= 15 is 0 Å². The number of anilines is 1. The molecule has 0 aliphatic carbocycles. The smallest absolute Gasteiger partial charge is 0.273 e. The van der Waals surface area contributed by atoms with Crippen LogP contribution >= 0.6 is 0 Å². The number of carbonyl (C=O) groups excluding carboxylic acids is 1. The molecule has 4 N–H and O–H groups in total. The Morgan fingerprint density at radius 1 is 1.29 bits per heavy atom. The molecule has 122 valence electrons. The third kappa shape index (κ3) is 3.64. The lowest BCUT2D eigenvalue weighted by Gasteiger charge is -2.03. The maximum atomic E-state index is 12.1. The quantitative estimate of drug-likeness (QED) is 0.600. The predicted octanol–water partition coefficient (Wildman–Crippen LogP) is -0.0947. The van der Waals surface area contributed by atoms with Crippen molar-refractivity contribution in [1.82, 2.24) is 30.3 Å². The number of hydrogen-bond donors (Lipinski definition) is 3. The Morgan fingerprint density at radius 2 is 2.08 bits per heavy atom. The number of para-hydroxylation sites is 1. The van der Waals surface area contributed by atoms with Crippen molar-refractivity contribution < 1.29 is 4.79 Å². The van der Waals surface area contributed by atoms with Crippen molar-refractivity contribution >= 4 is 11.7 Å². The highest BCUT2D eigenvalue weighted by Gasteiger charge is 2.11. The minimum absolute atomic E-state index is 0.144. The van der Waals surface area contributed by atoms with Gasteiger partial charge in [-0.2, -0.15) is 0 Å². The van der Waals surface area contributed by atoms with Gasteiger partial charge < -0.3 is 16.0 Å². The van der Waals surface area contributed by atoms with Crippen LogP contribution in [0.15, 0.2) is 47.4 Å². The monoisotopic (exact) mass is 325 g/mol. The molecule has 9 heteroatoms. The van der Waals surface area contributed by atoms with Gasteiger partial charge in [0.15, 0.2) is 5.69 Å². The van der Waals surface area contributed by atoms with E-state index in [4.69, 9.17) is 5.73 Å². The van der Waals surface area contributed by atoms with Gasteiger partial charge in [0.05, 0.1) is 11.9 Å². The van der Waals surface area contributed by atoms with Crippen molar-refractivity contribution in [3.8, 4) is 5.69 Å². The first kappa shape index (κ1) is 15.4. The fourth-order valence-electron chi connectivity index (χ4n) is 2.11. The van der Waals surface area contributed by atoms with E-state index in [9.17, 15) is 9.59 Å². The van der Waals surface area contributed by atoms with E-state index < -0.39 is 0 Å². The average molecular weight is 325 g/mol. The summed E-state index contributed by atoms with van der Waals surface area (Å²) in [5.41, 5.74) is 6.19. The van der Waals surface area contributed by atoms with Crippen molar-refractivity contribution in [2.75, 3.05) is 12.3 Å². The molecule has 0 atom stereocenters. The van der Waals surface area contributed by atoms with Crippen LogP contribution in [0.4, 0.5) is 5.82 Å². The zero-order valence-electron chi connectivity index (χ0n) is 12.6. The molecule has 0 spiro atoms. The van der Waals surface area contributed by atoms with Crippen LogP contribution in [0.1, 0.15) is 16.3 Å². The van der Waals surface area contributed by atoms with Crippen molar-refractivity contribution in [3.05, 3.63) is 64.5 Å². The number of hydrogen-bond acceptors (Lipinski definition) is 6. The Kier molecular flexibility index (Phi) is 4.32. The topological polar surface area (TPSA) is 132 Å². The molecule has 1 amide bonds. The second-order valence-corrected chi connectivity index (χ2v) is 5.01. The molecule has 0 radical (unpaired) electrons. The molecule has 24 heavy (non-hydrogen) atoms. The van der Waals surface area contributed by atoms with Crippen LogP contribution in [0.2, 0.25) is 0 Å². The Morgan fingerprint density at radius 3 is 2.83 bits per heavy atom. The number of nitrogens with zero attached hydrogens (tertiary/aromatic N) is 4. The molecule has 2 aromatic heterocycles. The van der Waals surface area contributed by atoms with E-state index in [0.29, 0.717) is 12.2 Å². The molecule has 1 aromatic carbocycles. The number of H-pyrrole nitrogens is 1. The lowest BCUT2D eigenvalue weighted by molar-refractivity contribution is 0.0949. The summed E-state index contributed by atoms with van der Waals surface area (Å²) in [4.78, 5) is 29.9. The van der Waals surface area contributed by atoms with Crippen LogP contribution in [-0.2, 0) is 6.42 Å². The van der Waals surface area contributed by atoms with Gasteiger partial charge in [-0.3, -0.25) is 9.59 Å². The zero-order chi connectivity index (χ0) is 16.9. The van der Waals surface area contributed by atoms with Gasteiger partial charge in [-0.05, 0) is 12.1 Å². The van der Waals surface area contributed by atoms with Crippen LogP contribution in [0.5, 0.6) is 0 Å². The predicted molar refractivity (Wildman–Crippen MR) is 86.7 cm³/mol. The summed E-state index contributed by atoms with van der Waals surface area (Å²) in [6.45, 7) is 0.281. The minimum Gasteiger partial charge on any atom is -0.383 e. The third-order valence-corrected chi connectivity index (χ3v) is 3.20. The first-order valence-electron chi connectivity index (χ1n) is 7.23. The highest BCUT2D eigenvalue weighted by Crippen LogP contribution is 2.05. The Labute approximate surface area is 136 Å². The summed E-state index contributed by atoms with van der Waals surface area (Å²) in [7, 11) is 0. The van der Waals surface area contributed by atoms with Gasteiger partial charge in [0.1, 0.15) is 11.6 Å². The molecule has 3 rings (SSSR count). The third-order valence-electron chi connectivity index (χ3n) is 3.20. The molecular formula is C15H15N7O2. The molecular weight excluding hydrogens is 310 g/mol. The van der Waals surface area contributed by atoms with Crippen LogP contribution in [-0.4, -0.2) is 37.4 Å². The molecule has 0 unspecified atom stereocenters. The van der Waals surface area contributed by atoms with Crippen LogP contribution in [0.3, 0.4) is 0 Å². The molecule has 0 bridgehead atoms. The molecule has 0 saturated carbocycles. The molecule has 0 aliphatic rings. The number of amides is 1. The van der Waals surface area contributed by atoms with E-state index in [-0.39, 0.29) is 29.5 Å². The summed E-state index contributed by atoms with van der Waals surface area (Å²) in [5.74, 6) is 0.197. The fourth-order valence-corrected chi connectivity index (χ4v) is 2.11. The van der Waals surface area contributed by atoms with E-state index in [1.54, 1.807) is 6.20 Å². The molecule has 9 nitrogen and oxygen atoms in total. The number of nitrogens with two attached hydrogens (primary N) is 1. The van der Waals surface area contributed by atoms with Gasteiger partial charge in [0, 0.05) is 19.0 Å². The molecule has 0 saturated heterocycles. The minimum atomic E-state index is -0.358. The van der Waals surface area contributed by atoms with E-state index in [0.717, 1.165) is 5.69 Å². The first-order valence-corrected chi connectivity index (χ1v) is 7.23. The van der Waals surface area contributed by atoms with Crippen LogP contribution < -0.4 is 16.6 Å². The second kappa shape index (κ2) is 6.73. The van der Waals surface area contributed by atoms with Gasteiger partial charge in [0.2, 0.25) is 0 Å². The van der Waals surface area contributed by atoms with Crippen LogP contribution in [0.25, 0.3) is 5.69 Å². The average Bonchev–Trinajstić information content (AvgIpc) is 3.05. The largest absolute Gasteiger partial charge is 0.383 e. The Bertz CT molecular complexity index is 901. The Balaban J connectivity index is 1.59. The SMILES string of the molecule is Nc1cc(=O)[nH]c(CCNC(=O)c2cn(-c3ccccc3)nn2)n1. The van der Waals surface area contributed by atoms with Gasteiger partial charge in [0.25, 0.3) is 11.5 Å². The Hall–Kier alpha value is -3.49. The van der Waals surface area contributed by atoms with Gasteiger partial charge in [-0.15, -0.1) is 5.10 Å². The van der Waals surface area contributed by atoms with Crippen molar-refractivity contribution in [2.24, 2.45) is 0 Å². The fraction of sp³-hybridized carbons (Fsp3) is 0.133. The van der Waals surface area contributed by atoms with Crippen molar-refractivity contribution in [2.45, 2.75) is 6.42 Å². The van der Waals surface area contributed by atoms with Gasteiger partial charge >= 0.3 is 0 Å². The van der Waals surface area contributed by atoms with E-state index in [1.807, 2.05) is 30.3 Å². The number of carbonyl (C=O) groups is 1. The number of nitrogens with one attached hydrogen (secondary N) is 2. The summed E-state index contributed by atoms with van der Waals surface area (Å²) < 4.78 is 1.52. The van der Waals surface area contributed by atoms with Crippen LogP contribution in [0, 0.1) is 0 Å². The number of nitrogen functional groups attached to an aromatic ring is 1. The lowest BCUT2D eigenvalue weighted by Crippen LogP contribution is -2.27. The highest BCUT2D eigenvalue weighted by molar-refractivity contribution is 5.91. The second-order valence-electron chi connectivity index (χ2n) is 5.01. The summed E-state index contributed by atoms with van der Waals surface area (Å²) >= 11 is 0. The number of aromatic amines is 1. The first-order chi connectivity index (χ1) is 11.6. The lowest BCUT2D eigenvalue weighted by atomic mass is 10.3. The summed E-state index contributed by atoms with van der Waals surface area (Å²) in [6.07, 6.45) is 1.89. The molecule has 2 heterocycles. The van der Waals surface area contributed by atoms with Gasteiger partial charge in [-0.1, -0.05) is 23.4 Å². The number of benzene rings is 1. The standard InChI is InChI=1S/C15H15N7O2/c16-12-8-14(23)19-13(18-12)6-7-17-15(24)11-9-22(21-20-11)10-4-2-1-3-5-10/h1-5,8-9H,6-7H2,(H,17,24)(H3,16,18,19,23). The summed E-state index contributed by atoms with van der Waals surface area (Å²) in [6, 6.07) is 10.6. The number of aromatic nitrogens is 5. The van der Waals surface area contributed by atoms with E-state index in [1.165, 1.54) is 10.7 Å². The normalized spacial score (nSPS) is 10.5. The maximum Gasteiger partial charge on any atom is 0.273 e. The number of rotatable bonds is 5. The maximum absolute atomic E-state index is 12.1. The highest BCUT2D eigenvalue weighted by atomic mass is 16.2. The molecule has 3 aromatic rings. The zero-order valence-corrected chi connectivity index (χ0v) is 12.6. The molecule has 0 fully saturated rings. The van der Waals surface area contributed by atoms with Crippen molar-refractivity contribution in [1.29, 1.82) is 0 Å². The molecule has 0 aliphatic heterocycles. The summed E-state index contributed by atoms with van der Waals surface area (Å²) in [5, 5.41) is 10.5.